The molecule has 1 aromatic rings. The normalized spacial score (nSPS) is 9.14. The Morgan fingerprint density at radius 2 is 2.43 bits per heavy atom. The van der Waals surface area contributed by atoms with Gasteiger partial charge in [-0.05, 0) is 12.5 Å². The number of rotatable bonds is 2. The van der Waals surface area contributed by atoms with Gasteiger partial charge in [0, 0.05) is 24.9 Å². The maximum absolute atomic E-state index is 11.3. The van der Waals surface area contributed by atoms with Gasteiger partial charge in [0.05, 0.1) is 0 Å². The highest BCUT2D eigenvalue weighted by atomic mass is 16.2. The van der Waals surface area contributed by atoms with Crippen LogP contribution in [-0.2, 0) is 11.3 Å². The Balaban J connectivity index is 2.97. The van der Waals surface area contributed by atoms with E-state index >= 15 is 0 Å². The molecule has 1 N–H and O–H groups in total. The minimum absolute atomic E-state index is 0.00634. The van der Waals surface area contributed by atoms with Crippen molar-refractivity contribution in [2.75, 3.05) is 7.05 Å². The zero-order valence-electron chi connectivity index (χ0n) is 7.70. The molecule has 0 fully saturated rings. The fourth-order valence-corrected chi connectivity index (χ4v) is 0.950. The van der Waals surface area contributed by atoms with Crippen molar-refractivity contribution >= 4 is 5.91 Å². The number of nitrogens with one attached hydrogen (secondary N) is 1. The Hall–Kier alpha value is -2.02. The van der Waals surface area contributed by atoms with Crippen molar-refractivity contribution < 1.29 is 4.79 Å². The molecule has 1 heterocycles. The lowest BCUT2D eigenvalue weighted by atomic mass is 10.3. The van der Waals surface area contributed by atoms with Crippen LogP contribution in [0, 0.1) is 12.3 Å². The minimum atomic E-state index is -0.314. The molecule has 4 nitrogen and oxygen atoms in total. The fourth-order valence-electron chi connectivity index (χ4n) is 0.950. The van der Waals surface area contributed by atoms with E-state index in [-0.39, 0.29) is 18.0 Å². The molecule has 1 rings (SSSR count). The summed E-state index contributed by atoms with van der Waals surface area (Å²) in [5.41, 5.74) is 0.0917. The average molecular weight is 189 g/mol. The van der Waals surface area contributed by atoms with E-state index in [2.05, 4.69) is 11.2 Å². The summed E-state index contributed by atoms with van der Waals surface area (Å²) in [6, 6.07) is 2.81. The molecule has 0 saturated carbocycles. The van der Waals surface area contributed by atoms with E-state index in [0.29, 0.717) is 5.56 Å². The molecule has 0 bridgehead atoms. The van der Waals surface area contributed by atoms with Crippen molar-refractivity contribution in [2.45, 2.75) is 6.54 Å². The molecule has 0 unspecified atom stereocenters. The largest absolute Gasteiger partial charge is 0.358 e. The molecule has 14 heavy (non-hydrogen) atoms. The van der Waals surface area contributed by atoms with Crippen LogP contribution >= 0.6 is 0 Å². The zero-order chi connectivity index (χ0) is 10.6. The van der Waals surface area contributed by atoms with Crippen LogP contribution in [0.2, 0.25) is 0 Å². The molecule has 0 aliphatic rings. The van der Waals surface area contributed by atoms with Crippen LogP contribution in [-0.4, -0.2) is 17.5 Å². The van der Waals surface area contributed by atoms with Crippen LogP contribution in [0.1, 0.15) is 5.56 Å². The van der Waals surface area contributed by atoms with Crippen molar-refractivity contribution in [1.82, 2.24) is 9.88 Å². The first-order chi connectivity index (χ1) is 6.67. The second kappa shape index (κ2) is 4.28. The molecule has 0 spiro atoms. The third-order valence-corrected chi connectivity index (χ3v) is 1.73. The maximum atomic E-state index is 11.3. The van der Waals surface area contributed by atoms with Gasteiger partial charge in [-0.15, -0.1) is 0 Å². The summed E-state index contributed by atoms with van der Waals surface area (Å²) in [5, 5.41) is 2.42. The molecule has 4 heteroatoms. The van der Waals surface area contributed by atoms with Gasteiger partial charge in [-0.1, -0.05) is 5.92 Å². The van der Waals surface area contributed by atoms with Crippen LogP contribution < -0.4 is 10.9 Å². The third kappa shape index (κ3) is 2.23. The minimum Gasteiger partial charge on any atom is -0.358 e. The lowest BCUT2D eigenvalue weighted by Crippen LogP contribution is -2.29. The SMILES string of the molecule is [C]#Cc1ccn(CC(=O)NC)c(=O)c1. The van der Waals surface area contributed by atoms with Gasteiger partial charge in [0.15, 0.2) is 0 Å². The summed E-state index contributed by atoms with van der Waals surface area (Å²) in [7, 11) is 1.51. The Morgan fingerprint density at radius 1 is 1.71 bits per heavy atom. The maximum Gasteiger partial charge on any atom is 0.252 e. The van der Waals surface area contributed by atoms with E-state index in [9.17, 15) is 9.59 Å². The van der Waals surface area contributed by atoms with Gasteiger partial charge in [0.2, 0.25) is 5.91 Å². The highest BCUT2D eigenvalue weighted by molar-refractivity contribution is 5.75. The first kappa shape index (κ1) is 10.1. The van der Waals surface area contributed by atoms with Crippen LogP contribution in [0.4, 0.5) is 0 Å². The van der Waals surface area contributed by atoms with Crippen LogP contribution in [0.25, 0.3) is 0 Å². The summed E-state index contributed by atoms with van der Waals surface area (Å²) >= 11 is 0. The van der Waals surface area contributed by atoms with E-state index in [4.69, 9.17) is 6.42 Å². The van der Waals surface area contributed by atoms with Gasteiger partial charge >= 0.3 is 0 Å². The summed E-state index contributed by atoms with van der Waals surface area (Å²) in [6.07, 6.45) is 8.28. The number of aromatic nitrogens is 1. The zero-order valence-corrected chi connectivity index (χ0v) is 7.70. The number of hydrogen-bond donors (Lipinski definition) is 1. The van der Waals surface area contributed by atoms with Gasteiger partial charge in [0.1, 0.15) is 6.54 Å². The number of likely N-dealkylation sites (N-methyl/N-ethyl adjacent to an activating group) is 1. The standard InChI is InChI=1S/C10H9N2O2/c1-3-8-4-5-12(10(14)6-8)7-9(13)11-2/h4-6H,7H2,2H3,(H,11,13). The molecular formula is C10H9N2O2. The summed E-state index contributed by atoms with van der Waals surface area (Å²) in [5.74, 6) is 1.86. The van der Waals surface area contributed by atoms with Gasteiger partial charge in [-0.2, -0.15) is 0 Å². The van der Waals surface area contributed by atoms with Crippen LogP contribution in [0.3, 0.4) is 0 Å². The molecule has 1 radical (unpaired) electrons. The number of pyridine rings is 1. The van der Waals surface area contributed by atoms with Crippen molar-refractivity contribution in [3.8, 4) is 5.92 Å². The quantitative estimate of drug-likeness (QED) is 0.639. The topological polar surface area (TPSA) is 51.1 Å². The summed E-state index contributed by atoms with van der Waals surface area (Å²) in [4.78, 5) is 22.3. The Kier molecular flexibility index (Phi) is 3.08. The monoisotopic (exact) mass is 189 g/mol. The van der Waals surface area contributed by atoms with Crippen LogP contribution in [0.15, 0.2) is 23.1 Å². The molecule has 0 saturated heterocycles. The summed E-state index contributed by atoms with van der Waals surface area (Å²) in [6.45, 7) is -0.00634. The molecule has 1 amide bonds. The van der Waals surface area contributed by atoms with Crippen molar-refractivity contribution in [1.29, 1.82) is 0 Å². The molecular weight excluding hydrogens is 180 g/mol. The van der Waals surface area contributed by atoms with Crippen LogP contribution in [0.5, 0.6) is 0 Å². The number of carbonyl (C=O) groups excluding carboxylic acids is 1. The van der Waals surface area contributed by atoms with Crippen molar-refractivity contribution in [3.05, 3.63) is 40.7 Å². The Bertz CT molecular complexity index is 440. The van der Waals surface area contributed by atoms with E-state index in [1.165, 1.54) is 23.9 Å². The first-order valence-corrected chi connectivity index (χ1v) is 4.01. The third-order valence-electron chi connectivity index (χ3n) is 1.73. The number of carbonyl (C=O) groups is 1. The number of amides is 1. The first-order valence-electron chi connectivity index (χ1n) is 4.01. The smallest absolute Gasteiger partial charge is 0.252 e. The highest BCUT2D eigenvalue weighted by Crippen LogP contribution is 1.91. The summed E-state index contributed by atoms with van der Waals surface area (Å²) < 4.78 is 1.26. The molecule has 0 aromatic carbocycles. The van der Waals surface area contributed by atoms with Crippen molar-refractivity contribution in [3.63, 3.8) is 0 Å². The van der Waals surface area contributed by atoms with E-state index < -0.39 is 0 Å². The van der Waals surface area contributed by atoms with E-state index in [1.807, 2.05) is 0 Å². The van der Waals surface area contributed by atoms with Gasteiger partial charge in [0.25, 0.3) is 5.56 Å². The number of nitrogens with zero attached hydrogens (tertiary/aromatic N) is 1. The lowest BCUT2D eigenvalue weighted by Gasteiger charge is -2.03. The lowest BCUT2D eigenvalue weighted by molar-refractivity contribution is -0.121. The molecule has 0 atom stereocenters. The molecule has 71 valence electrons. The van der Waals surface area contributed by atoms with Gasteiger partial charge in [-0.25, -0.2) is 0 Å². The predicted molar refractivity (Wildman–Crippen MR) is 51.0 cm³/mol. The average Bonchev–Trinajstić information content (AvgIpc) is 2.20. The Labute approximate surface area is 81.6 Å². The predicted octanol–water partition coefficient (Wildman–Crippen LogP) is -0.468. The van der Waals surface area contributed by atoms with Gasteiger partial charge in [-0.3, -0.25) is 9.59 Å². The molecule has 1 aromatic heterocycles. The van der Waals surface area contributed by atoms with Crippen molar-refractivity contribution in [2.24, 2.45) is 0 Å². The second-order valence-electron chi connectivity index (χ2n) is 2.68. The second-order valence-corrected chi connectivity index (χ2v) is 2.68. The highest BCUT2D eigenvalue weighted by Gasteiger charge is 2.01. The van der Waals surface area contributed by atoms with E-state index in [1.54, 1.807) is 6.07 Å². The number of hydrogen-bond acceptors (Lipinski definition) is 2. The molecule has 0 aliphatic heterocycles. The molecule has 0 aliphatic carbocycles. The van der Waals surface area contributed by atoms with Gasteiger partial charge < -0.3 is 9.88 Å². The van der Waals surface area contributed by atoms with E-state index in [0.717, 1.165) is 0 Å². The Morgan fingerprint density at radius 3 is 2.93 bits per heavy atom. The fraction of sp³-hybridized carbons (Fsp3) is 0.200.